The van der Waals surface area contributed by atoms with Gasteiger partial charge >= 0.3 is 0 Å². The second kappa shape index (κ2) is 8.37. The van der Waals surface area contributed by atoms with E-state index in [1.54, 1.807) is 24.3 Å². The molecule has 0 radical (unpaired) electrons. The molecule has 8 N–H and O–H groups in total. The van der Waals surface area contributed by atoms with E-state index in [9.17, 15) is 10.2 Å². The van der Waals surface area contributed by atoms with Gasteiger partial charge in [0.2, 0.25) is 0 Å². The van der Waals surface area contributed by atoms with E-state index in [0.29, 0.717) is 11.5 Å². The smallest absolute Gasteiger partial charge is 0.116 e. The van der Waals surface area contributed by atoms with Gasteiger partial charge in [-0.2, -0.15) is 0 Å². The van der Waals surface area contributed by atoms with E-state index < -0.39 is 0 Å². The maximum atomic E-state index is 9.36. The van der Waals surface area contributed by atoms with Crippen LogP contribution in [0.3, 0.4) is 0 Å². The summed E-state index contributed by atoms with van der Waals surface area (Å²) in [6, 6.07) is 10.9. The quantitative estimate of drug-likeness (QED) is 0.324. The molecule has 0 saturated heterocycles. The van der Waals surface area contributed by atoms with Crippen LogP contribution in [-0.4, -0.2) is 32.3 Å². The molecule has 2 aromatic carbocycles. The number of H-pyrrole nitrogens is 2. The van der Waals surface area contributed by atoms with E-state index in [1.165, 1.54) is 0 Å². The van der Waals surface area contributed by atoms with E-state index in [-0.39, 0.29) is 12.1 Å². The van der Waals surface area contributed by atoms with Gasteiger partial charge in [0.05, 0.1) is 0 Å². The van der Waals surface area contributed by atoms with Crippen LogP contribution in [0.5, 0.6) is 11.5 Å². The van der Waals surface area contributed by atoms with Gasteiger partial charge in [-0.05, 0) is 74.2 Å². The van der Waals surface area contributed by atoms with Crippen LogP contribution in [0.1, 0.15) is 25.0 Å². The van der Waals surface area contributed by atoms with Crippen molar-refractivity contribution >= 4 is 21.8 Å². The second-order valence-electron chi connectivity index (χ2n) is 7.45. The summed E-state index contributed by atoms with van der Waals surface area (Å²) in [6.45, 7) is 3.95. The average molecular weight is 380 g/mol. The Morgan fingerprint density at radius 2 is 1.14 bits per heavy atom. The fourth-order valence-electron chi connectivity index (χ4n) is 3.36. The number of rotatable bonds is 4. The van der Waals surface area contributed by atoms with E-state index in [0.717, 1.165) is 45.8 Å². The standard InChI is InChI=1S/2C11H14N2O/c2*1-7(12)4-8-6-13-11-3-2-9(14)5-10(8)11/h2*2-3,5-7,13-14H,4,12H2,1H3. The lowest BCUT2D eigenvalue weighted by atomic mass is 10.1. The number of aromatic hydroxyl groups is 2. The van der Waals surface area contributed by atoms with Gasteiger partial charge in [-0.3, -0.25) is 0 Å². The van der Waals surface area contributed by atoms with Crippen LogP contribution in [0.2, 0.25) is 0 Å². The molecule has 0 saturated carbocycles. The molecule has 6 nitrogen and oxygen atoms in total. The first-order chi connectivity index (χ1) is 13.3. The number of phenols is 2. The fraction of sp³-hybridized carbons (Fsp3) is 0.273. The van der Waals surface area contributed by atoms with Crippen molar-refractivity contribution in [3.05, 3.63) is 59.9 Å². The average Bonchev–Trinajstić information content (AvgIpc) is 3.19. The Labute approximate surface area is 164 Å². The molecule has 0 aliphatic carbocycles. The van der Waals surface area contributed by atoms with Crippen LogP contribution in [0.25, 0.3) is 21.8 Å². The van der Waals surface area contributed by atoms with Crippen LogP contribution >= 0.6 is 0 Å². The number of nitrogens with two attached hydrogens (primary N) is 2. The molecule has 0 amide bonds. The maximum absolute atomic E-state index is 9.36. The van der Waals surface area contributed by atoms with E-state index >= 15 is 0 Å². The van der Waals surface area contributed by atoms with E-state index in [2.05, 4.69) is 9.97 Å². The number of phenolic OH excluding ortho intramolecular Hbond substituents is 2. The maximum Gasteiger partial charge on any atom is 0.116 e. The number of hydrogen-bond donors (Lipinski definition) is 6. The highest BCUT2D eigenvalue weighted by atomic mass is 16.3. The molecule has 148 valence electrons. The zero-order chi connectivity index (χ0) is 20.3. The highest BCUT2D eigenvalue weighted by Crippen LogP contribution is 2.24. The summed E-state index contributed by atoms with van der Waals surface area (Å²) in [5.74, 6) is 0.589. The van der Waals surface area contributed by atoms with Crippen LogP contribution in [0.4, 0.5) is 0 Å². The lowest BCUT2D eigenvalue weighted by Gasteiger charge is -2.02. The Balaban J connectivity index is 0.000000161. The molecule has 2 aromatic heterocycles. The van der Waals surface area contributed by atoms with Gasteiger partial charge in [0.25, 0.3) is 0 Å². The molecule has 6 heteroatoms. The lowest BCUT2D eigenvalue weighted by molar-refractivity contribution is 0.475. The monoisotopic (exact) mass is 380 g/mol. The first-order valence-electron chi connectivity index (χ1n) is 9.42. The minimum absolute atomic E-state index is 0.136. The summed E-state index contributed by atoms with van der Waals surface area (Å²) in [5.41, 5.74) is 15.9. The Kier molecular flexibility index (Phi) is 5.92. The van der Waals surface area contributed by atoms with Crippen LogP contribution < -0.4 is 11.5 Å². The number of aromatic nitrogens is 2. The second-order valence-corrected chi connectivity index (χ2v) is 7.45. The lowest BCUT2D eigenvalue weighted by Crippen LogP contribution is -2.17. The molecule has 2 atom stereocenters. The van der Waals surface area contributed by atoms with Crippen molar-refractivity contribution in [1.29, 1.82) is 0 Å². The normalized spacial score (nSPS) is 13.3. The van der Waals surface area contributed by atoms with Crippen molar-refractivity contribution in [2.75, 3.05) is 0 Å². The zero-order valence-corrected chi connectivity index (χ0v) is 16.2. The molecular formula is C22H28N4O2. The molecule has 0 spiro atoms. The van der Waals surface area contributed by atoms with Gasteiger partial charge in [0.1, 0.15) is 11.5 Å². The Bertz CT molecular complexity index is 977. The molecule has 0 fully saturated rings. The van der Waals surface area contributed by atoms with Crippen LogP contribution in [-0.2, 0) is 12.8 Å². The van der Waals surface area contributed by atoms with Gasteiger partial charge in [0, 0.05) is 46.3 Å². The van der Waals surface area contributed by atoms with Crippen molar-refractivity contribution in [3.8, 4) is 11.5 Å². The molecule has 4 aromatic rings. The molecule has 0 aliphatic rings. The summed E-state index contributed by atoms with van der Waals surface area (Å²) >= 11 is 0. The van der Waals surface area contributed by atoms with Crippen molar-refractivity contribution in [1.82, 2.24) is 9.97 Å². The first-order valence-corrected chi connectivity index (χ1v) is 9.42. The minimum atomic E-state index is 0.136. The minimum Gasteiger partial charge on any atom is -0.508 e. The number of aromatic amines is 2. The number of benzene rings is 2. The predicted octanol–water partition coefficient (Wildman–Crippen LogP) is 3.53. The molecule has 4 rings (SSSR count). The Hall–Kier alpha value is -2.96. The van der Waals surface area contributed by atoms with Crippen molar-refractivity contribution in [3.63, 3.8) is 0 Å². The van der Waals surface area contributed by atoms with E-state index in [4.69, 9.17) is 11.5 Å². The summed E-state index contributed by atoms with van der Waals surface area (Å²) in [4.78, 5) is 6.31. The van der Waals surface area contributed by atoms with Gasteiger partial charge in [0.15, 0.2) is 0 Å². The third-order valence-corrected chi connectivity index (χ3v) is 4.59. The molecule has 2 heterocycles. The highest BCUT2D eigenvalue weighted by Gasteiger charge is 2.07. The third kappa shape index (κ3) is 4.65. The van der Waals surface area contributed by atoms with Crippen molar-refractivity contribution in [2.24, 2.45) is 11.5 Å². The number of nitrogens with one attached hydrogen (secondary N) is 2. The van der Waals surface area contributed by atoms with Crippen molar-refractivity contribution in [2.45, 2.75) is 38.8 Å². The molecule has 28 heavy (non-hydrogen) atoms. The molecule has 2 unspecified atom stereocenters. The summed E-state index contributed by atoms with van der Waals surface area (Å²) < 4.78 is 0. The highest BCUT2D eigenvalue weighted by molar-refractivity contribution is 5.85. The van der Waals surface area contributed by atoms with Crippen LogP contribution in [0.15, 0.2) is 48.8 Å². The molecule has 0 bridgehead atoms. The van der Waals surface area contributed by atoms with Gasteiger partial charge < -0.3 is 31.6 Å². The fourth-order valence-corrected chi connectivity index (χ4v) is 3.36. The molecule has 0 aliphatic heterocycles. The number of fused-ring (bicyclic) bond motifs is 2. The SMILES string of the molecule is CC(N)Cc1c[nH]c2ccc(O)cc12.CC(N)Cc1c[nH]c2ccc(O)cc12. The summed E-state index contributed by atoms with van der Waals surface area (Å²) in [7, 11) is 0. The summed E-state index contributed by atoms with van der Waals surface area (Å²) in [5, 5.41) is 20.8. The van der Waals surface area contributed by atoms with Gasteiger partial charge in [-0.15, -0.1) is 0 Å². The largest absolute Gasteiger partial charge is 0.508 e. The topological polar surface area (TPSA) is 124 Å². The van der Waals surface area contributed by atoms with Crippen molar-refractivity contribution < 1.29 is 10.2 Å². The Morgan fingerprint density at radius 3 is 1.50 bits per heavy atom. The van der Waals surface area contributed by atoms with Crippen LogP contribution in [0, 0.1) is 0 Å². The van der Waals surface area contributed by atoms with Gasteiger partial charge in [-0.1, -0.05) is 0 Å². The van der Waals surface area contributed by atoms with Gasteiger partial charge in [-0.25, -0.2) is 0 Å². The van der Waals surface area contributed by atoms with E-state index in [1.807, 2.05) is 38.4 Å². The molecular weight excluding hydrogens is 352 g/mol. The zero-order valence-electron chi connectivity index (χ0n) is 16.2. The first kappa shape index (κ1) is 19.8. The third-order valence-electron chi connectivity index (χ3n) is 4.59. The predicted molar refractivity (Wildman–Crippen MR) is 115 cm³/mol. The number of hydrogen-bond acceptors (Lipinski definition) is 4. The Morgan fingerprint density at radius 1 is 0.750 bits per heavy atom. The summed E-state index contributed by atoms with van der Waals surface area (Å²) in [6.07, 6.45) is 5.55.